The molecule has 1 rings (SSSR count). The summed E-state index contributed by atoms with van der Waals surface area (Å²) >= 11 is 1.69. The summed E-state index contributed by atoms with van der Waals surface area (Å²) in [7, 11) is 1.50. The first-order valence-electron chi connectivity index (χ1n) is 5.27. The van der Waals surface area contributed by atoms with E-state index in [1.54, 1.807) is 30.0 Å². The average Bonchev–Trinajstić information content (AvgIpc) is 2.29. The van der Waals surface area contributed by atoms with E-state index in [0.717, 1.165) is 10.7 Å². The Morgan fingerprint density at radius 3 is 2.76 bits per heavy atom. The summed E-state index contributed by atoms with van der Waals surface area (Å²) in [5.74, 6) is 1.46. The summed E-state index contributed by atoms with van der Waals surface area (Å²) in [4.78, 5) is 12.1. The Hall–Kier alpha value is -1.36. The Balaban J connectivity index is 2.88. The second kappa shape index (κ2) is 6.39. The van der Waals surface area contributed by atoms with Crippen LogP contribution < -0.4 is 9.64 Å². The molecular formula is C12H17NO3S. The molecule has 1 amide bonds. The van der Waals surface area contributed by atoms with Crippen molar-refractivity contribution < 1.29 is 14.6 Å². The molecule has 94 valence electrons. The van der Waals surface area contributed by atoms with Crippen molar-refractivity contribution in [1.29, 1.82) is 0 Å². The molecular weight excluding hydrogens is 238 g/mol. The summed E-state index contributed by atoms with van der Waals surface area (Å²) in [6, 6.07) is 7.14. The number of carboxylic acid groups (broad SMARTS) is 1. The second-order valence-electron chi connectivity index (χ2n) is 3.69. The van der Waals surface area contributed by atoms with Crippen LogP contribution in [0.15, 0.2) is 24.3 Å². The van der Waals surface area contributed by atoms with Gasteiger partial charge in [0.05, 0.1) is 5.69 Å². The molecule has 0 saturated heterocycles. The highest BCUT2D eigenvalue weighted by atomic mass is 32.2. The zero-order valence-corrected chi connectivity index (χ0v) is 11.0. The fourth-order valence-electron chi connectivity index (χ4n) is 1.42. The SMILES string of the molecule is CSCC(C)Oc1ccccc1N(C)C(=O)O. The van der Waals surface area contributed by atoms with Gasteiger partial charge in [-0.05, 0) is 25.3 Å². The summed E-state index contributed by atoms with van der Waals surface area (Å²) in [5.41, 5.74) is 0.563. The molecule has 0 aliphatic heterocycles. The quantitative estimate of drug-likeness (QED) is 0.879. The number of amides is 1. The van der Waals surface area contributed by atoms with Gasteiger partial charge in [-0.25, -0.2) is 4.79 Å². The standard InChI is InChI=1S/C12H17NO3S/c1-9(8-17-3)16-11-7-5-4-6-10(11)13(2)12(14)15/h4-7,9H,8H2,1-3H3,(H,14,15). The molecule has 17 heavy (non-hydrogen) atoms. The van der Waals surface area contributed by atoms with E-state index in [2.05, 4.69) is 0 Å². The van der Waals surface area contributed by atoms with Gasteiger partial charge in [0.15, 0.2) is 0 Å². The van der Waals surface area contributed by atoms with Crippen molar-refractivity contribution in [2.45, 2.75) is 13.0 Å². The Kier molecular flexibility index (Phi) is 5.15. The summed E-state index contributed by atoms with van der Waals surface area (Å²) in [5, 5.41) is 8.96. The molecule has 1 aromatic rings. The lowest BCUT2D eigenvalue weighted by Gasteiger charge is -2.20. The monoisotopic (exact) mass is 255 g/mol. The zero-order chi connectivity index (χ0) is 12.8. The molecule has 0 saturated carbocycles. The first kappa shape index (κ1) is 13.7. The number of thioether (sulfide) groups is 1. The van der Waals surface area contributed by atoms with Crippen LogP contribution in [0.1, 0.15) is 6.92 Å². The lowest BCUT2D eigenvalue weighted by molar-refractivity contribution is 0.202. The van der Waals surface area contributed by atoms with Gasteiger partial charge in [0.2, 0.25) is 0 Å². The molecule has 0 spiro atoms. The molecule has 1 unspecified atom stereocenters. The number of anilines is 1. The maximum absolute atomic E-state index is 10.9. The van der Waals surface area contributed by atoms with Crippen LogP contribution in [0.4, 0.5) is 10.5 Å². The van der Waals surface area contributed by atoms with Crippen LogP contribution in [-0.2, 0) is 0 Å². The number of hydrogen-bond acceptors (Lipinski definition) is 3. The maximum Gasteiger partial charge on any atom is 0.411 e. The molecule has 1 aromatic carbocycles. The molecule has 0 aliphatic rings. The van der Waals surface area contributed by atoms with E-state index in [4.69, 9.17) is 9.84 Å². The van der Waals surface area contributed by atoms with Crippen molar-refractivity contribution in [3.8, 4) is 5.75 Å². The first-order valence-corrected chi connectivity index (χ1v) is 6.67. The molecule has 0 aromatic heterocycles. The smallest absolute Gasteiger partial charge is 0.411 e. The largest absolute Gasteiger partial charge is 0.488 e. The topological polar surface area (TPSA) is 49.8 Å². The van der Waals surface area contributed by atoms with Crippen molar-refractivity contribution in [1.82, 2.24) is 0 Å². The van der Waals surface area contributed by atoms with Gasteiger partial charge in [0.25, 0.3) is 0 Å². The minimum atomic E-state index is -1.00. The minimum Gasteiger partial charge on any atom is -0.488 e. The minimum absolute atomic E-state index is 0.0494. The van der Waals surface area contributed by atoms with Crippen molar-refractivity contribution in [3.63, 3.8) is 0 Å². The summed E-state index contributed by atoms with van der Waals surface area (Å²) < 4.78 is 5.73. The molecule has 5 heteroatoms. The third kappa shape index (κ3) is 3.85. The van der Waals surface area contributed by atoms with E-state index >= 15 is 0 Å². The van der Waals surface area contributed by atoms with Crippen LogP contribution in [0.3, 0.4) is 0 Å². The van der Waals surface area contributed by atoms with E-state index in [9.17, 15) is 4.79 Å². The van der Waals surface area contributed by atoms with Gasteiger partial charge >= 0.3 is 6.09 Å². The van der Waals surface area contributed by atoms with Crippen LogP contribution in [0.2, 0.25) is 0 Å². The average molecular weight is 255 g/mol. The number of ether oxygens (including phenoxy) is 1. The summed E-state index contributed by atoms with van der Waals surface area (Å²) in [6.07, 6.45) is 1.06. The van der Waals surface area contributed by atoms with E-state index in [1.807, 2.05) is 19.2 Å². The van der Waals surface area contributed by atoms with Crippen LogP contribution in [-0.4, -0.2) is 36.4 Å². The van der Waals surface area contributed by atoms with Crippen molar-refractivity contribution in [2.75, 3.05) is 24.0 Å². The Labute approximate surface area is 106 Å². The number of carbonyl (C=O) groups is 1. The third-order valence-electron chi connectivity index (χ3n) is 2.24. The number of hydrogen-bond donors (Lipinski definition) is 1. The first-order chi connectivity index (χ1) is 8.06. The van der Waals surface area contributed by atoms with Gasteiger partial charge in [-0.1, -0.05) is 12.1 Å². The van der Waals surface area contributed by atoms with Gasteiger partial charge in [-0.15, -0.1) is 0 Å². The molecule has 0 bridgehead atoms. The van der Waals surface area contributed by atoms with Gasteiger partial charge < -0.3 is 9.84 Å². The molecule has 0 aliphatic carbocycles. The van der Waals surface area contributed by atoms with Crippen molar-refractivity contribution in [3.05, 3.63) is 24.3 Å². The Bertz CT molecular complexity index is 384. The summed E-state index contributed by atoms with van der Waals surface area (Å²) in [6.45, 7) is 1.97. The highest BCUT2D eigenvalue weighted by Crippen LogP contribution is 2.28. The predicted molar refractivity (Wildman–Crippen MR) is 71.3 cm³/mol. The lowest BCUT2D eigenvalue weighted by Crippen LogP contribution is -2.25. The van der Waals surface area contributed by atoms with Crippen molar-refractivity contribution >= 4 is 23.5 Å². The Morgan fingerprint density at radius 1 is 1.53 bits per heavy atom. The molecule has 4 nitrogen and oxygen atoms in total. The van der Waals surface area contributed by atoms with E-state index in [1.165, 1.54) is 7.05 Å². The number of nitrogens with zero attached hydrogens (tertiary/aromatic N) is 1. The van der Waals surface area contributed by atoms with Gasteiger partial charge in [-0.3, -0.25) is 4.90 Å². The molecule has 1 atom stereocenters. The van der Waals surface area contributed by atoms with Crippen LogP contribution >= 0.6 is 11.8 Å². The fraction of sp³-hybridized carbons (Fsp3) is 0.417. The number of para-hydroxylation sites is 2. The highest BCUT2D eigenvalue weighted by Gasteiger charge is 2.15. The van der Waals surface area contributed by atoms with Crippen molar-refractivity contribution in [2.24, 2.45) is 0 Å². The normalized spacial score (nSPS) is 11.9. The predicted octanol–water partition coefficient (Wildman–Crippen LogP) is 2.93. The van der Waals surface area contributed by atoms with Gasteiger partial charge in [0, 0.05) is 12.8 Å². The van der Waals surface area contributed by atoms with Gasteiger partial charge in [0.1, 0.15) is 11.9 Å². The molecule has 0 radical (unpaired) electrons. The molecule has 0 heterocycles. The fourth-order valence-corrected chi connectivity index (χ4v) is 1.96. The molecule has 0 fully saturated rings. The van der Waals surface area contributed by atoms with E-state index < -0.39 is 6.09 Å². The second-order valence-corrected chi connectivity index (χ2v) is 4.60. The van der Waals surface area contributed by atoms with Crippen LogP contribution in [0.5, 0.6) is 5.75 Å². The third-order valence-corrected chi connectivity index (χ3v) is 3.05. The number of benzene rings is 1. The molecule has 1 N–H and O–H groups in total. The highest BCUT2D eigenvalue weighted by molar-refractivity contribution is 7.98. The van der Waals surface area contributed by atoms with Crippen LogP contribution in [0, 0.1) is 0 Å². The Morgan fingerprint density at radius 2 is 2.18 bits per heavy atom. The van der Waals surface area contributed by atoms with Gasteiger partial charge in [-0.2, -0.15) is 11.8 Å². The van der Waals surface area contributed by atoms with E-state index in [0.29, 0.717) is 11.4 Å². The maximum atomic E-state index is 10.9. The lowest BCUT2D eigenvalue weighted by atomic mass is 10.2. The van der Waals surface area contributed by atoms with E-state index in [-0.39, 0.29) is 6.10 Å². The zero-order valence-electron chi connectivity index (χ0n) is 10.2. The van der Waals surface area contributed by atoms with Crippen LogP contribution in [0.25, 0.3) is 0 Å². The number of rotatable bonds is 5.